The van der Waals surface area contributed by atoms with E-state index >= 15 is 0 Å². The summed E-state index contributed by atoms with van der Waals surface area (Å²) in [6.45, 7) is 2.46. The van der Waals surface area contributed by atoms with Crippen molar-refractivity contribution in [1.82, 2.24) is 4.98 Å². The lowest BCUT2D eigenvalue weighted by Crippen LogP contribution is -2.30. The minimum atomic E-state index is -0.100. The second kappa shape index (κ2) is 6.56. The van der Waals surface area contributed by atoms with E-state index in [-0.39, 0.29) is 5.91 Å². The van der Waals surface area contributed by atoms with Gasteiger partial charge in [0.2, 0.25) is 0 Å². The number of carbonyl (C=O) groups excluding carboxylic acids is 1. The average Bonchev–Trinajstić information content (AvgIpc) is 2.98. The molecular formula is C17H15ClN2O2S. The summed E-state index contributed by atoms with van der Waals surface area (Å²) in [5.41, 5.74) is 1.37. The van der Waals surface area contributed by atoms with E-state index in [2.05, 4.69) is 4.98 Å². The van der Waals surface area contributed by atoms with Crippen LogP contribution in [0.2, 0.25) is 5.02 Å². The fourth-order valence-electron chi connectivity index (χ4n) is 2.28. The summed E-state index contributed by atoms with van der Waals surface area (Å²) >= 11 is 7.48. The van der Waals surface area contributed by atoms with Crippen molar-refractivity contribution >= 4 is 44.2 Å². The number of carbonyl (C=O) groups is 1. The van der Waals surface area contributed by atoms with Gasteiger partial charge in [0.15, 0.2) is 5.13 Å². The number of rotatable bonds is 4. The maximum absolute atomic E-state index is 12.8. The lowest BCUT2D eigenvalue weighted by molar-refractivity contribution is 0.0988. The summed E-state index contributed by atoms with van der Waals surface area (Å²) in [7, 11) is 1.58. The second-order valence-electron chi connectivity index (χ2n) is 4.89. The maximum Gasteiger partial charge on any atom is 0.260 e. The highest BCUT2D eigenvalue weighted by Gasteiger charge is 2.20. The molecule has 0 bridgehead atoms. The molecule has 1 aromatic heterocycles. The van der Waals surface area contributed by atoms with Gasteiger partial charge in [-0.2, -0.15) is 0 Å². The van der Waals surface area contributed by atoms with Crippen LogP contribution in [-0.2, 0) is 0 Å². The lowest BCUT2D eigenvalue weighted by atomic mass is 10.2. The number of amides is 1. The van der Waals surface area contributed by atoms with Crippen LogP contribution in [0.3, 0.4) is 0 Å². The Labute approximate surface area is 143 Å². The Balaban J connectivity index is 1.98. The van der Waals surface area contributed by atoms with Gasteiger partial charge in [-0.05, 0) is 43.3 Å². The zero-order valence-electron chi connectivity index (χ0n) is 12.7. The van der Waals surface area contributed by atoms with E-state index in [9.17, 15) is 4.79 Å². The van der Waals surface area contributed by atoms with Crippen molar-refractivity contribution < 1.29 is 9.53 Å². The van der Waals surface area contributed by atoms with Crippen LogP contribution in [0.5, 0.6) is 5.75 Å². The van der Waals surface area contributed by atoms with Gasteiger partial charge >= 0.3 is 0 Å². The van der Waals surface area contributed by atoms with Crippen molar-refractivity contribution in [3.8, 4) is 5.75 Å². The molecule has 118 valence electrons. The van der Waals surface area contributed by atoms with Crippen LogP contribution in [-0.4, -0.2) is 24.5 Å². The summed E-state index contributed by atoms with van der Waals surface area (Å²) in [6, 6.07) is 12.7. The number of nitrogens with zero attached hydrogens (tertiary/aromatic N) is 2. The van der Waals surface area contributed by atoms with E-state index in [0.717, 1.165) is 10.2 Å². The molecule has 0 aliphatic rings. The fourth-order valence-corrected chi connectivity index (χ4v) is 3.46. The summed E-state index contributed by atoms with van der Waals surface area (Å²) in [5.74, 6) is 0.555. The Bertz CT molecular complexity index is 863. The SMILES string of the molecule is CCN(C(=O)c1cccc(OC)c1)c1nc2cc(Cl)ccc2s1. The van der Waals surface area contributed by atoms with Gasteiger partial charge in [0.1, 0.15) is 5.75 Å². The number of hydrogen-bond acceptors (Lipinski definition) is 4. The van der Waals surface area contributed by atoms with E-state index in [1.54, 1.807) is 36.3 Å². The van der Waals surface area contributed by atoms with Crippen LogP contribution in [0.15, 0.2) is 42.5 Å². The van der Waals surface area contributed by atoms with Gasteiger partial charge < -0.3 is 4.74 Å². The molecular weight excluding hydrogens is 332 g/mol. The molecule has 0 spiro atoms. The smallest absolute Gasteiger partial charge is 0.260 e. The van der Waals surface area contributed by atoms with Crippen molar-refractivity contribution in [3.05, 3.63) is 53.1 Å². The molecule has 3 rings (SSSR count). The Kier molecular flexibility index (Phi) is 4.50. The largest absolute Gasteiger partial charge is 0.497 e. The summed E-state index contributed by atoms with van der Waals surface area (Å²) < 4.78 is 6.19. The number of methoxy groups -OCH3 is 1. The third-order valence-electron chi connectivity index (χ3n) is 3.45. The van der Waals surface area contributed by atoms with Crippen molar-refractivity contribution in [2.24, 2.45) is 0 Å². The molecule has 0 aliphatic heterocycles. The van der Waals surface area contributed by atoms with Gasteiger partial charge in [-0.1, -0.05) is 29.0 Å². The van der Waals surface area contributed by atoms with E-state index in [1.807, 2.05) is 25.1 Å². The molecule has 1 heterocycles. The van der Waals surface area contributed by atoms with Crippen LogP contribution in [0.4, 0.5) is 5.13 Å². The zero-order valence-corrected chi connectivity index (χ0v) is 14.3. The zero-order chi connectivity index (χ0) is 16.4. The molecule has 1 amide bonds. The predicted molar refractivity (Wildman–Crippen MR) is 95.0 cm³/mol. The molecule has 0 radical (unpaired) electrons. The summed E-state index contributed by atoms with van der Waals surface area (Å²) in [5, 5.41) is 1.30. The topological polar surface area (TPSA) is 42.4 Å². The minimum absolute atomic E-state index is 0.100. The molecule has 23 heavy (non-hydrogen) atoms. The monoisotopic (exact) mass is 346 g/mol. The molecule has 0 fully saturated rings. The van der Waals surface area contributed by atoms with Crippen molar-refractivity contribution in [2.75, 3.05) is 18.6 Å². The van der Waals surface area contributed by atoms with Gasteiger partial charge in [0, 0.05) is 17.1 Å². The quantitative estimate of drug-likeness (QED) is 0.692. The third kappa shape index (κ3) is 3.16. The number of hydrogen-bond donors (Lipinski definition) is 0. The first-order valence-corrected chi connectivity index (χ1v) is 8.34. The van der Waals surface area contributed by atoms with Crippen LogP contribution >= 0.6 is 22.9 Å². The van der Waals surface area contributed by atoms with Crippen LogP contribution in [0.1, 0.15) is 17.3 Å². The molecule has 0 N–H and O–H groups in total. The highest BCUT2D eigenvalue weighted by molar-refractivity contribution is 7.22. The molecule has 4 nitrogen and oxygen atoms in total. The van der Waals surface area contributed by atoms with Crippen molar-refractivity contribution in [2.45, 2.75) is 6.92 Å². The second-order valence-corrected chi connectivity index (χ2v) is 6.34. The van der Waals surface area contributed by atoms with Gasteiger partial charge in [0.05, 0.1) is 17.3 Å². The molecule has 6 heteroatoms. The van der Waals surface area contributed by atoms with Gasteiger partial charge in [0.25, 0.3) is 5.91 Å². The Hall–Kier alpha value is -2.11. The number of benzene rings is 2. The highest BCUT2D eigenvalue weighted by Crippen LogP contribution is 2.31. The molecule has 0 atom stereocenters. The van der Waals surface area contributed by atoms with E-state index in [4.69, 9.17) is 16.3 Å². The number of thiazole rings is 1. The molecule has 0 aliphatic carbocycles. The molecule has 3 aromatic rings. The average molecular weight is 347 g/mol. The van der Waals surface area contributed by atoms with E-state index < -0.39 is 0 Å². The van der Waals surface area contributed by atoms with Gasteiger partial charge in [-0.15, -0.1) is 0 Å². The Morgan fingerprint density at radius 2 is 2.13 bits per heavy atom. The molecule has 0 unspecified atom stereocenters. The first-order valence-electron chi connectivity index (χ1n) is 7.14. The van der Waals surface area contributed by atoms with Crippen LogP contribution in [0.25, 0.3) is 10.2 Å². The lowest BCUT2D eigenvalue weighted by Gasteiger charge is -2.17. The van der Waals surface area contributed by atoms with Crippen LogP contribution < -0.4 is 9.64 Å². The molecule has 0 saturated heterocycles. The summed E-state index contributed by atoms with van der Waals surface area (Å²) in [4.78, 5) is 19.0. The standard InChI is InChI=1S/C17H15ClN2O2S/c1-3-20(16(21)11-5-4-6-13(9-11)22-2)17-19-14-10-12(18)7-8-15(14)23-17/h4-10H,3H2,1-2H3. The number of halogens is 1. The molecule has 0 saturated carbocycles. The van der Waals surface area contributed by atoms with Gasteiger partial charge in [-0.3, -0.25) is 9.69 Å². The van der Waals surface area contributed by atoms with Crippen LogP contribution in [0, 0.1) is 0 Å². The normalized spacial score (nSPS) is 10.7. The van der Waals surface area contributed by atoms with Gasteiger partial charge in [-0.25, -0.2) is 4.98 Å². The minimum Gasteiger partial charge on any atom is -0.497 e. The molecule has 2 aromatic carbocycles. The highest BCUT2D eigenvalue weighted by atomic mass is 35.5. The first kappa shape index (κ1) is 15.8. The number of anilines is 1. The number of fused-ring (bicyclic) bond motifs is 1. The summed E-state index contributed by atoms with van der Waals surface area (Å²) in [6.07, 6.45) is 0. The van der Waals surface area contributed by atoms with Crippen molar-refractivity contribution in [1.29, 1.82) is 0 Å². The van der Waals surface area contributed by atoms with E-state index in [0.29, 0.717) is 28.0 Å². The maximum atomic E-state index is 12.8. The van der Waals surface area contributed by atoms with E-state index in [1.165, 1.54) is 11.3 Å². The Morgan fingerprint density at radius 1 is 1.30 bits per heavy atom. The van der Waals surface area contributed by atoms with Crippen molar-refractivity contribution in [3.63, 3.8) is 0 Å². The predicted octanol–water partition coefficient (Wildman–Crippen LogP) is 4.63. The number of aromatic nitrogens is 1. The Morgan fingerprint density at radius 3 is 2.87 bits per heavy atom. The first-order chi connectivity index (χ1) is 11.1. The number of ether oxygens (including phenoxy) is 1. The fraction of sp³-hybridized carbons (Fsp3) is 0.176. The third-order valence-corrected chi connectivity index (χ3v) is 4.74.